The minimum atomic E-state index is -0.543. The summed E-state index contributed by atoms with van der Waals surface area (Å²) in [6, 6.07) is 10.2. The lowest BCUT2D eigenvalue weighted by molar-refractivity contribution is -0.114. The van der Waals surface area contributed by atoms with E-state index in [1.165, 1.54) is 24.3 Å². The Labute approximate surface area is 141 Å². The lowest BCUT2D eigenvalue weighted by Gasteiger charge is -2.05. The van der Waals surface area contributed by atoms with E-state index in [9.17, 15) is 9.59 Å². The number of aromatic nitrogens is 2. The smallest absolute Gasteiger partial charge is 0.338 e. The highest BCUT2D eigenvalue weighted by Crippen LogP contribution is 2.21. The normalized spacial score (nSPS) is 10.4. The number of thiophene rings is 1. The molecular formula is C16H13N3O4S. The molecule has 1 N–H and O–H groups in total. The first-order valence-corrected chi connectivity index (χ1v) is 7.91. The van der Waals surface area contributed by atoms with Crippen LogP contribution in [0.2, 0.25) is 0 Å². The molecule has 1 aromatic carbocycles. The van der Waals surface area contributed by atoms with Crippen LogP contribution in [0.5, 0.6) is 0 Å². The number of ether oxygens (including phenoxy) is 1. The van der Waals surface area contributed by atoms with E-state index in [2.05, 4.69) is 15.5 Å². The van der Waals surface area contributed by atoms with Crippen molar-refractivity contribution in [2.45, 2.75) is 13.5 Å². The van der Waals surface area contributed by atoms with Gasteiger partial charge in [0.1, 0.15) is 0 Å². The van der Waals surface area contributed by atoms with Crippen molar-refractivity contribution < 1.29 is 18.8 Å². The van der Waals surface area contributed by atoms with Crippen molar-refractivity contribution in [2.24, 2.45) is 0 Å². The summed E-state index contributed by atoms with van der Waals surface area (Å²) in [4.78, 5) is 28.2. The van der Waals surface area contributed by atoms with Crippen LogP contribution < -0.4 is 5.32 Å². The van der Waals surface area contributed by atoms with Gasteiger partial charge in [-0.15, -0.1) is 11.3 Å². The number of nitrogens with one attached hydrogen (secondary N) is 1. The summed E-state index contributed by atoms with van der Waals surface area (Å²) in [5, 5.41) is 8.36. The molecule has 122 valence electrons. The minimum Gasteiger partial charge on any atom is -0.452 e. The first kappa shape index (κ1) is 15.9. The standard InChI is InChI=1S/C16H13N3O4S/c1-10(20)17-12-5-2-4-11(8-12)16(21)22-9-14-18-15(19-23-14)13-6-3-7-24-13/h2-8H,9H2,1H3,(H,17,20). The van der Waals surface area contributed by atoms with Crippen LogP contribution in [0.3, 0.4) is 0 Å². The maximum atomic E-state index is 12.1. The van der Waals surface area contributed by atoms with Crippen molar-refractivity contribution in [1.82, 2.24) is 10.1 Å². The van der Waals surface area contributed by atoms with E-state index in [4.69, 9.17) is 9.26 Å². The Morgan fingerprint density at radius 1 is 1.29 bits per heavy atom. The average molecular weight is 343 g/mol. The molecule has 0 aliphatic rings. The number of hydrogen-bond acceptors (Lipinski definition) is 7. The lowest BCUT2D eigenvalue weighted by Crippen LogP contribution is -2.09. The van der Waals surface area contributed by atoms with Crippen LogP contribution in [-0.4, -0.2) is 22.0 Å². The van der Waals surface area contributed by atoms with Gasteiger partial charge < -0.3 is 14.6 Å². The fourth-order valence-electron chi connectivity index (χ4n) is 1.96. The largest absolute Gasteiger partial charge is 0.452 e. The van der Waals surface area contributed by atoms with E-state index in [1.807, 2.05) is 17.5 Å². The summed E-state index contributed by atoms with van der Waals surface area (Å²) in [7, 11) is 0. The van der Waals surface area contributed by atoms with Crippen molar-refractivity contribution in [3.05, 3.63) is 53.2 Å². The van der Waals surface area contributed by atoms with Crippen molar-refractivity contribution in [3.63, 3.8) is 0 Å². The zero-order valence-electron chi connectivity index (χ0n) is 12.7. The topological polar surface area (TPSA) is 94.3 Å². The van der Waals surface area contributed by atoms with Crippen molar-refractivity contribution in [3.8, 4) is 10.7 Å². The Hall–Kier alpha value is -3.00. The van der Waals surface area contributed by atoms with Crippen LogP contribution in [0.25, 0.3) is 10.7 Å². The molecule has 24 heavy (non-hydrogen) atoms. The van der Waals surface area contributed by atoms with Gasteiger partial charge in [0.25, 0.3) is 5.89 Å². The molecule has 0 bridgehead atoms. The molecule has 2 aromatic heterocycles. The van der Waals surface area contributed by atoms with E-state index in [0.717, 1.165) is 4.88 Å². The van der Waals surface area contributed by atoms with Gasteiger partial charge in [0, 0.05) is 12.6 Å². The van der Waals surface area contributed by atoms with E-state index in [1.54, 1.807) is 18.2 Å². The zero-order chi connectivity index (χ0) is 16.9. The Balaban J connectivity index is 1.62. The van der Waals surface area contributed by atoms with E-state index < -0.39 is 5.97 Å². The maximum Gasteiger partial charge on any atom is 0.338 e. The summed E-state index contributed by atoms with van der Waals surface area (Å²) in [6.45, 7) is 1.27. The van der Waals surface area contributed by atoms with Gasteiger partial charge in [0.2, 0.25) is 11.7 Å². The predicted molar refractivity (Wildman–Crippen MR) is 87.5 cm³/mol. The van der Waals surface area contributed by atoms with Gasteiger partial charge in [-0.2, -0.15) is 4.98 Å². The number of nitrogens with zero attached hydrogens (tertiary/aromatic N) is 2. The first-order chi connectivity index (χ1) is 11.6. The number of esters is 1. The number of hydrogen-bond donors (Lipinski definition) is 1. The molecule has 0 fully saturated rings. The molecule has 0 radical (unpaired) electrons. The summed E-state index contributed by atoms with van der Waals surface area (Å²) >= 11 is 1.49. The van der Waals surface area contributed by atoms with E-state index in [0.29, 0.717) is 17.1 Å². The Morgan fingerprint density at radius 2 is 2.17 bits per heavy atom. The van der Waals surface area contributed by atoms with Gasteiger partial charge in [-0.1, -0.05) is 17.3 Å². The molecule has 3 rings (SSSR count). The Kier molecular flexibility index (Phi) is 4.66. The Morgan fingerprint density at radius 3 is 2.92 bits per heavy atom. The van der Waals surface area contributed by atoms with Crippen LogP contribution >= 0.6 is 11.3 Å². The SMILES string of the molecule is CC(=O)Nc1cccc(C(=O)OCc2nc(-c3cccs3)no2)c1. The predicted octanol–water partition coefficient (Wildman–Crippen LogP) is 3.11. The molecule has 7 nitrogen and oxygen atoms in total. The molecule has 0 unspecified atom stereocenters. The van der Waals surface area contributed by atoms with E-state index in [-0.39, 0.29) is 18.4 Å². The van der Waals surface area contributed by atoms with Gasteiger partial charge in [0.05, 0.1) is 10.4 Å². The first-order valence-electron chi connectivity index (χ1n) is 7.03. The molecule has 3 aromatic rings. The van der Waals surface area contributed by atoms with Crippen LogP contribution in [0.15, 0.2) is 46.3 Å². The quantitative estimate of drug-likeness (QED) is 0.715. The van der Waals surface area contributed by atoms with Gasteiger partial charge in [-0.05, 0) is 29.6 Å². The number of amides is 1. The molecule has 2 heterocycles. The highest BCUT2D eigenvalue weighted by molar-refractivity contribution is 7.13. The number of anilines is 1. The Bertz CT molecular complexity index is 858. The van der Waals surface area contributed by atoms with Crippen molar-refractivity contribution in [2.75, 3.05) is 5.32 Å². The number of benzene rings is 1. The fraction of sp³-hybridized carbons (Fsp3) is 0.125. The second kappa shape index (κ2) is 7.05. The second-order valence-corrected chi connectivity index (χ2v) is 5.77. The summed E-state index contributed by atoms with van der Waals surface area (Å²) in [5.74, 6) is -0.0842. The average Bonchev–Trinajstić information content (AvgIpc) is 3.23. The van der Waals surface area contributed by atoms with Gasteiger partial charge in [0.15, 0.2) is 6.61 Å². The molecule has 0 aliphatic carbocycles. The monoisotopic (exact) mass is 343 g/mol. The number of carbonyl (C=O) groups excluding carboxylic acids is 2. The highest BCUT2D eigenvalue weighted by Gasteiger charge is 2.13. The summed E-state index contributed by atoms with van der Waals surface area (Å²) < 4.78 is 10.2. The van der Waals surface area contributed by atoms with Crippen molar-refractivity contribution >= 4 is 28.9 Å². The molecule has 1 amide bonds. The third kappa shape index (κ3) is 3.85. The molecule has 0 atom stereocenters. The van der Waals surface area contributed by atoms with Gasteiger partial charge in [-0.3, -0.25) is 4.79 Å². The van der Waals surface area contributed by atoms with Crippen LogP contribution in [0, 0.1) is 0 Å². The summed E-state index contributed by atoms with van der Waals surface area (Å²) in [6.07, 6.45) is 0. The fourth-order valence-corrected chi connectivity index (χ4v) is 2.61. The number of carbonyl (C=O) groups is 2. The molecular weight excluding hydrogens is 330 g/mol. The van der Waals surface area contributed by atoms with Crippen molar-refractivity contribution in [1.29, 1.82) is 0 Å². The number of rotatable bonds is 5. The highest BCUT2D eigenvalue weighted by atomic mass is 32.1. The molecule has 0 aliphatic heterocycles. The second-order valence-electron chi connectivity index (χ2n) is 4.83. The third-order valence-corrected chi connectivity index (χ3v) is 3.82. The van der Waals surface area contributed by atoms with Crippen LogP contribution in [0.1, 0.15) is 23.2 Å². The minimum absolute atomic E-state index is 0.123. The van der Waals surface area contributed by atoms with Gasteiger partial charge >= 0.3 is 5.97 Å². The van der Waals surface area contributed by atoms with Crippen LogP contribution in [-0.2, 0) is 16.1 Å². The van der Waals surface area contributed by atoms with Crippen LogP contribution in [0.4, 0.5) is 5.69 Å². The molecule has 8 heteroatoms. The molecule has 0 saturated heterocycles. The third-order valence-electron chi connectivity index (χ3n) is 2.96. The van der Waals surface area contributed by atoms with E-state index >= 15 is 0 Å². The summed E-state index contributed by atoms with van der Waals surface area (Å²) in [5.41, 5.74) is 0.842. The zero-order valence-corrected chi connectivity index (χ0v) is 13.5. The van der Waals surface area contributed by atoms with Gasteiger partial charge in [-0.25, -0.2) is 4.79 Å². The molecule has 0 saturated carbocycles. The lowest BCUT2D eigenvalue weighted by atomic mass is 10.2. The maximum absolute atomic E-state index is 12.1. The molecule has 0 spiro atoms.